The van der Waals surface area contributed by atoms with Crippen molar-refractivity contribution in [3.05, 3.63) is 65.7 Å². The van der Waals surface area contributed by atoms with Gasteiger partial charge in [0.2, 0.25) is 5.91 Å². The lowest BCUT2D eigenvalue weighted by atomic mass is 9.85. The molecule has 0 radical (unpaired) electrons. The second-order valence-electron chi connectivity index (χ2n) is 8.47. The van der Waals surface area contributed by atoms with E-state index in [0.29, 0.717) is 19.6 Å². The first-order valence-corrected chi connectivity index (χ1v) is 11.1. The summed E-state index contributed by atoms with van der Waals surface area (Å²) < 4.78 is 5.79. The summed E-state index contributed by atoms with van der Waals surface area (Å²) in [6, 6.07) is 17.7. The fourth-order valence-corrected chi connectivity index (χ4v) is 3.82. The Balaban J connectivity index is 1.39. The molecule has 1 saturated carbocycles. The first-order valence-electron chi connectivity index (χ1n) is 11.1. The normalized spacial score (nSPS) is 18.3. The Hall–Kier alpha value is -3.02. The van der Waals surface area contributed by atoms with Crippen LogP contribution in [-0.4, -0.2) is 24.0 Å². The zero-order valence-corrected chi connectivity index (χ0v) is 18.4. The molecule has 0 spiro atoms. The molecule has 0 aliphatic heterocycles. The Kier molecular flexibility index (Phi) is 8.33. The van der Waals surface area contributed by atoms with E-state index in [0.717, 1.165) is 36.1 Å². The average molecular weight is 424 g/mol. The van der Waals surface area contributed by atoms with Gasteiger partial charge in [-0.05, 0) is 56.4 Å². The van der Waals surface area contributed by atoms with Crippen molar-refractivity contribution in [2.24, 2.45) is 5.92 Å². The summed E-state index contributed by atoms with van der Waals surface area (Å²) in [5.74, 6) is 0.867. The van der Waals surface area contributed by atoms with Gasteiger partial charge in [-0.25, -0.2) is 4.79 Å². The van der Waals surface area contributed by atoms with Crippen LogP contribution < -0.4 is 20.7 Å². The van der Waals surface area contributed by atoms with Gasteiger partial charge in [0.25, 0.3) is 0 Å². The third-order valence-corrected chi connectivity index (χ3v) is 5.44. The fraction of sp³-hybridized carbons (Fsp3) is 0.440. The predicted octanol–water partition coefficient (Wildman–Crippen LogP) is 4.15. The number of hydrogen-bond acceptors (Lipinski definition) is 3. The molecular formula is C25H33N3O3. The standard InChI is InChI=1S/C25H33N3O3/c1-18(2)27-24(29)21-9-6-10-22(15-21)28-25(30)26-16-19-11-13-23(14-12-19)31-17-20-7-4-3-5-8-20/h3-5,7-8,11-14,18,21-22H,6,9-10,15-17H2,1-2H3,(H,27,29)(H2,26,28,30). The van der Waals surface area contributed by atoms with E-state index < -0.39 is 0 Å². The molecule has 3 N–H and O–H groups in total. The molecule has 2 atom stereocenters. The Morgan fingerprint density at radius 1 is 1.00 bits per heavy atom. The van der Waals surface area contributed by atoms with Gasteiger partial charge in [0.1, 0.15) is 12.4 Å². The zero-order chi connectivity index (χ0) is 22.1. The van der Waals surface area contributed by atoms with Crippen molar-refractivity contribution >= 4 is 11.9 Å². The second kappa shape index (κ2) is 11.4. The molecule has 2 aromatic carbocycles. The molecule has 0 saturated heterocycles. The summed E-state index contributed by atoms with van der Waals surface area (Å²) in [6.07, 6.45) is 3.44. The van der Waals surface area contributed by atoms with E-state index in [4.69, 9.17) is 4.74 Å². The van der Waals surface area contributed by atoms with Crippen LogP contribution in [0.4, 0.5) is 4.79 Å². The van der Waals surface area contributed by atoms with Gasteiger partial charge in [-0.3, -0.25) is 4.79 Å². The minimum Gasteiger partial charge on any atom is -0.489 e. The summed E-state index contributed by atoms with van der Waals surface area (Å²) in [5, 5.41) is 8.91. The van der Waals surface area contributed by atoms with E-state index in [1.807, 2.05) is 68.4 Å². The molecule has 6 heteroatoms. The fourth-order valence-electron chi connectivity index (χ4n) is 3.82. The van der Waals surface area contributed by atoms with Crippen LogP contribution in [0.1, 0.15) is 50.7 Å². The molecule has 1 aliphatic rings. The molecule has 0 aromatic heterocycles. The highest BCUT2D eigenvalue weighted by Gasteiger charge is 2.28. The van der Waals surface area contributed by atoms with E-state index in [1.165, 1.54) is 0 Å². The maximum Gasteiger partial charge on any atom is 0.315 e. The van der Waals surface area contributed by atoms with Crippen molar-refractivity contribution in [3.8, 4) is 5.75 Å². The summed E-state index contributed by atoms with van der Waals surface area (Å²) in [7, 11) is 0. The van der Waals surface area contributed by atoms with Gasteiger partial charge in [-0.2, -0.15) is 0 Å². The first-order chi connectivity index (χ1) is 15.0. The van der Waals surface area contributed by atoms with Crippen LogP contribution >= 0.6 is 0 Å². The lowest BCUT2D eigenvalue weighted by Crippen LogP contribution is -2.46. The molecular weight excluding hydrogens is 390 g/mol. The van der Waals surface area contributed by atoms with Gasteiger partial charge in [0.15, 0.2) is 0 Å². The smallest absolute Gasteiger partial charge is 0.315 e. The maximum absolute atomic E-state index is 12.3. The summed E-state index contributed by atoms with van der Waals surface area (Å²) in [6.45, 7) is 4.89. The number of urea groups is 1. The monoisotopic (exact) mass is 423 g/mol. The van der Waals surface area contributed by atoms with Crippen LogP contribution in [0.3, 0.4) is 0 Å². The van der Waals surface area contributed by atoms with Crippen molar-refractivity contribution in [2.75, 3.05) is 0 Å². The molecule has 6 nitrogen and oxygen atoms in total. The van der Waals surface area contributed by atoms with E-state index in [-0.39, 0.29) is 29.9 Å². The Labute approximate surface area is 184 Å². The van der Waals surface area contributed by atoms with E-state index in [1.54, 1.807) is 0 Å². The number of hydrogen-bond donors (Lipinski definition) is 3. The van der Waals surface area contributed by atoms with Gasteiger partial charge in [-0.15, -0.1) is 0 Å². The Morgan fingerprint density at radius 3 is 2.45 bits per heavy atom. The number of nitrogens with one attached hydrogen (secondary N) is 3. The van der Waals surface area contributed by atoms with Gasteiger partial charge in [0, 0.05) is 24.5 Å². The highest BCUT2D eigenvalue weighted by Crippen LogP contribution is 2.24. The van der Waals surface area contributed by atoms with Crippen molar-refractivity contribution in [1.82, 2.24) is 16.0 Å². The third-order valence-electron chi connectivity index (χ3n) is 5.44. The topological polar surface area (TPSA) is 79.5 Å². The quantitative estimate of drug-likeness (QED) is 0.597. The van der Waals surface area contributed by atoms with E-state index in [9.17, 15) is 9.59 Å². The van der Waals surface area contributed by atoms with Gasteiger partial charge in [-0.1, -0.05) is 48.9 Å². The largest absolute Gasteiger partial charge is 0.489 e. The number of benzene rings is 2. The van der Waals surface area contributed by atoms with Crippen LogP contribution in [-0.2, 0) is 17.9 Å². The van der Waals surface area contributed by atoms with Crippen LogP contribution in [0, 0.1) is 5.92 Å². The average Bonchev–Trinajstić information content (AvgIpc) is 2.77. The van der Waals surface area contributed by atoms with Crippen LogP contribution in [0.5, 0.6) is 5.75 Å². The molecule has 2 aromatic rings. The van der Waals surface area contributed by atoms with Crippen molar-refractivity contribution in [3.63, 3.8) is 0 Å². The molecule has 166 valence electrons. The lowest BCUT2D eigenvalue weighted by Gasteiger charge is -2.29. The Morgan fingerprint density at radius 2 is 1.74 bits per heavy atom. The van der Waals surface area contributed by atoms with Crippen molar-refractivity contribution in [2.45, 2.75) is 64.8 Å². The van der Waals surface area contributed by atoms with Crippen molar-refractivity contribution < 1.29 is 14.3 Å². The molecule has 0 bridgehead atoms. The molecule has 1 fully saturated rings. The number of ether oxygens (including phenoxy) is 1. The molecule has 3 rings (SSSR count). The number of carbonyl (C=O) groups is 2. The van der Waals surface area contributed by atoms with Crippen LogP contribution in [0.15, 0.2) is 54.6 Å². The predicted molar refractivity (Wildman–Crippen MR) is 122 cm³/mol. The van der Waals surface area contributed by atoms with E-state index in [2.05, 4.69) is 16.0 Å². The highest BCUT2D eigenvalue weighted by atomic mass is 16.5. The van der Waals surface area contributed by atoms with Gasteiger partial charge < -0.3 is 20.7 Å². The molecule has 3 amide bonds. The van der Waals surface area contributed by atoms with Crippen LogP contribution in [0.25, 0.3) is 0 Å². The SMILES string of the molecule is CC(C)NC(=O)C1CCCC(NC(=O)NCc2ccc(OCc3ccccc3)cc2)C1. The second-order valence-corrected chi connectivity index (χ2v) is 8.47. The molecule has 0 heterocycles. The lowest BCUT2D eigenvalue weighted by molar-refractivity contribution is -0.126. The number of amides is 3. The minimum absolute atomic E-state index is 0.0233. The number of carbonyl (C=O) groups excluding carboxylic acids is 2. The molecule has 31 heavy (non-hydrogen) atoms. The maximum atomic E-state index is 12.3. The van der Waals surface area contributed by atoms with Gasteiger partial charge >= 0.3 is 6.03 Å². The molecule has 2 unspecified atom stereocenters. The Bertz CT molecular complexity index is 837. The third kappa shape index (κ3) is 7.63. The van der Waals surface area contributed by atoms with E-state index >= 15 is 0 Å². The highest BCUT2D eigenvalue weighted by molar-refractivity contribution is 5.79. The van der Waals surface area contributed by atoms with Crippen LogP contribution in [0.2, 0.25) is 0 Å². The summed E-state index contributed by atoms with van der Waals surface area (Å²) >= 11 is 0. The summed E-state index contributed by atoms with van der Waals surface area (Å²) in [5.41, 5.74) is 2.12. The first kappa shape index (κ1) is 22.7. The van der Waals surface area contributed by atoms with Gasteiger partial charge in [0.05, 0.1) is 0 Å². The van der Waals surface area contributed by atoms with Crippen molar-refractivity contribution in [1.29, 1.82) is 0 Å². The summed E-state index contributed by atoms with van der Waals surface area (Å²) in [4.78, 5) is 24.6. The molecule has 1 aliphatic carbocycles. The minimum atomic E-state index is -0.195. The number of rotatable bonds is 8. The zero-order valence-electron chi connectivity index (χ0n) is 18.4.